The minimum Gasteiger partial charge on any atom is -0.462 e. The summed E-state index contributed by atoms with van der Waals surface area (Å²) in [6, 6.07) is 0. The third-order valence-electron chi connectivity index (χ3n) is 15.7. The van der Waals surface area contributed by atoms with E-state index in [-0.39, 0.29) is 25.7 Å². The molecule has 0 rings (SSSR count). The first-order valence-corrected chi connectivity index (χ1v) is 37.9. The Morgan fingerprint density at radius 1 is 0.337 bits per heavy atom. The highest BCUT2D eigenvalue weighted by atomic mass is 31.2. The number of rotatable bonds is 65. The highest BCUT2D eigenvalue weighted by Gasteiger charge is 2.30. The van der Waals surface area contributed by atoms with Gasteiger partial charge in [0.25, 0.3) is 0 Å². The van der Waals surface area contributed by atoms with Crippen LogP contribution in [0.1, 0.15) is 331 Å². The fraction of sp³-hybridized carbons (Fsp3) is 0.940. The van der Waals surface area contributed by atoms with Gasteiger partial charge in [-0.25, -0.2) is 9.13 Å². The lowest BCUT2D eigenvalue weighted by atomic mass is 9.99. The number of hydrogen-bond donors (Lipinski definition) is 3. The van der Waals surface area contributed by atoms with Gasteiger partial charge < -0.3 is 33.8 Å². The molecule has 0 aromatic rings. The van der Waals surface area contributed by atoms with E-state index in [1.807, 2.05) is 0 Å². The maximum absolute atomic E-state index is 13.0. The zero-order valence-electron chi connectivity index (χ0n) is 55.8. The number of aliphatic hydroxyl groups is 1. The molecular weight excluding hydrogens is 1140 g/mol. The molecule has 0 bridgehead atoms. The van der Waals surface area contributed by atoms with E-state index < -0.39 is 97.5 Å². The molecule has 0 fully saturated rings. The molecule has 19 heteroatoms. The van der Waals surface area contributed by atoms with Crippen LogP contribution in [-0.4, -0.2) is 96.7 Å². The summed E-state index contributed by atoms with van der Waals surface area (Å²) in [6.07, 6.45) is 40.6. The molecule has 0 heterocycles. The Morgan fingerprint density at radius 3 is 0.884 bits per heavy atom. The molecule has 86 heavy (non-hydrogen) atoms. The molecule has 0 aliphatic carbocycles. The standard InChI is InChI=1S/C67H130O17P2/c1-8-10-11-12-13-14-15-16-17-18-19-20-21-26-36-43-50-66(71)83-62(54-77-64(69)48-41-34-25-23-22-24-33-40-47-60(7)9-2)56-81-85(73,74)79-52-61(68)53-80-86(75,76)82-57-63(84-67(72)51-44-37-30-28-32-39-46-59(5)6)55-78-65(70)49-42-35-29-27-31-38-45-58(3)4/h58-63,68H,8-57H2,1-7H3,(H,73,74)(H,75,76)/t60?,61-,62-,63-/m1/s1. The van der Waals surface area contributed by atoms with Gasteiger partial charge in [0.15, 0.2) is 12.2 Å². The second kappa shape index (κ2) is 58.2. The van der Waals surface area contributed by atoms with E-state index >= 15 is 0 Å². The van der Waals surface area contributed by atoms with Crippen molar-refractivity contribution < 1.29 is 80.2 Å². The van der Waals surface area contributed by atoms with E-state index in [9.17, 15) is 43.2 Å². The SMILES string of the molecule is CCCCCCCCCCCCCCCCCCC(=O)O[C@H](COC(=O)CCCCCCCCCCC(C)CC)COP(=O)(O)OC[C@@H](O)COP(=O)(O)OC[C@@H](COC(=O)CCCCCCCCC(C)C)OC(=O)CCCCCCCCC(C)C. The molecule has 510 valence electrons. The maximum atomic E-state index is 13.0. The van der Waals surface area contributed by atoms with Crippen LogP contribution in [0.15, 0.2) is 0 Å². The van der Waals surface area contributed by atoms with Gasteiger partial charge in [-0.3, -0.25) is 37.3 Å². The van der Waals surface area contributed by atoms with Crippen molar-refractivity contribution in [2.75, 3.05) is 39.6 Å². The number of phosphoric ester groups is 2. The van der Waals surface area contributed by atoms with Gasteiger partial charge in [-0.1, -0.05) is 280 Å². The van der Waals surface area contributed by atoms with E-state index in [2.05, 4.69) is 48.5 Å². The molecule has 0 saturated carbocycles. The molecule has 0 aliphatic heterocycles. The fourth-order valence-corrected chi connectivity index (χ4v) is 11.6. The van der Waals surface area contributed by atoms with Crippen LogP contribution >= 0.6 is 15.6 Å². The molecule has 0 aromatic carbocycles. The van der Waals surface area contributed by atoms with Gasteiger partial charge in [0, 0.05) is 25.7 Å². The van der Waals surface area contributed by atoms with E-state index in [1.54, 1.807) is 0 Å². The topological polar surface area (TPSA) is 237 Å². The summed E-state index contributed by atoms with van der Waals surface area (Å²) in [7, 11) is -9.89. The fourth-order valence-electron chi connectivity index (χ4n) is 9.98. The molecule has 3 N–H and O–H groups in total. The second-order valence-electron chi connectivity index (χ2n) is 25.4. The van der Waals surface area contributed by atoms with Crippen molar-refractivity contribution in [1.82, 2.24) is 0 Å². The van der Waals surface area contributed by atoms with Crippen molar-refractivity contribution in [1.29, 1.82) is 0 Å². The number of esters is 4. The number of carbonyl (C=O) groups is 4. The summed E-state index contributed by atoms with van der Waals surface area (Å²) in [6.45, 7) is 11.6. The number of phosphoric acid groups is 2. The molecule has 0 aromatic heterocycles. The van der Waals surface area contributed by atoms with Gasteiger partial charge in [0.05, 0.1) is 26.4 Å². The summed E-state index contributed by atoms with van der Waals surface area (Å²) >= 11 is 0. The Hall–Kier alpha value is -1.94. The molecule has 0 saturated heterocycles. The smallest absolute Gasteiger partial charge is 0.462 e. The minimum atomic E-state index is -4.95. The van der Waals surface area contributed by atoms with Gasteiger partial charge in [-0.05, 0) is 43.4 Å². The molecule has 3 unspecified atom stereocenters. The number of hydrogen-bond acceptors (Lipinski definition) is 15. The van der Waals surface area contributed by atoms with Crippen molar-refractivity contribution in [2.24, 2.45) is 17.8 Å². The molecule has 0 spiro atoms. The van der Waals surface area contributed by atoms with Gasteiger partial charge in [-0.2, -0.15) is 0 Å². The Labute approximate surface area is 524 Å². The number of aliphatic hydroxyl groups excluding tert-OH is 1. The van der Waals surface area contributed by atoms with Crippen LogP contribution in [0.3, 0.4) is 0 Å². The first kappa shape index (κ1) is 84.1. The summed E-state index contributed by atoms with van der Waals surface area (Å²) in [4.78, 5) is 72.3. The lowest BCUT2D eigenvalue weighted by Crippen LogP contribution is -2.30. The molecule has 0 aliphatic rings. The van der Waals surface area contributed by atoms with Crippen LogP contribution in [0.4, 0.5) is 0 Å². The van der Waals surface area contributed by atoms with Crippen LogP contribution in [0.5, 0.6) is 0 Å². The largest absolute Gasteiger partial charge is 0.472 e. The number of ether oxygens (including phenoxy) is 4. The summed E-state index contributed by atoms with van der Waals surface area (Å²) in [5.74, 6) is -0.0104. The van der Waals surface area contributed by atoms with Crippen molar-refractivity contribution in [3.63, 3.8) is 0 Å². The molecule has 0 radical (unpaired) electrons. The van der Waals surface area contributed by atoms with E-state index in [1.165, 1.54) is 135 Å². The Balaban J connectivity index is 5.23. The average Bonchev–Trinajstić information content (AvgIpc) is 3.69. The monoisotopic (exact) mass is 1270 g/mol. The van der Waals surface area contributed by atoms with Gasteiger partial charge in [-0.15, -0.1) is 0 Å². The normalized spacial score (nSPS) is 14.6. The molecule has 6 atom stereocenters. The zero-order valence-corrected chi connectivity index (χ0v) is 57.6. The van der Waals surface area contributed by atoms with Crippen LogP contribution in [-0.2, 0) is 65.4 Å². The van der Waals surface area contributed by atoms with Gasteiger partial charge in [0.1, 0.15) is 19.3 Å². The van der Waals surface area contributed by atoms with E-state index in [4.69, 9.17) is 37.0 Å². The Morgan fingerprint density at radius 2 is 0.593 bits per heavy atom. The van der Waals surface area contributed by atoms with Crippen LogP contribution in [0.25, 0.3) is 0 Å². The van der Waals surface area contributed by atoms with Crippen molar-refractivity contribution in [3.8, 4) is 0 Å². The summed E-state index contributed by atoms with van der Waals surface area (Å²) in [5.41, 5.74) is 0. The van der Waals surface area contributed by atoms with E-state index in [0.717, 1.165) is 102 Å². The second-order valence-corrected chi connectivity index (χ2v) is 28.3. The average molecular weight is 1270 g/mol. The van der Waals surface area contributed by atoms with Crippen molar-refractivity contribution in [3.05, 3.63) is 0 Å². The Bertz CT molecular complexity index is 1700. The minimum absolute atomic E-state index is 0.101. The van der Waals surface area contributed by atoms with Crippen molar-refractivity contribution >= 4 is 39.5 Å². The first-order chi connectivity index (χ1) is 41.3. The highest BCUT2D eigenvalue weighted by Crippen LogP contribution is 2.45. The molecule has 0 amide bonds. The molecule has 17 nitrogen and oxygen atoms in total. The van der Waals surface area contributed by atoms with Crippen LogP contribution < -0.4 is 0 Å². The van der Waals surface area contributed by atoms with Gasteiger partial charge in [0.2, 0.25) is 0 Å². The third kappa shape index (κ3) is 59.7. The Kier molecular flexibility index (Phi) is 56.9. The lowest BCUT2D eigenvalue weighted by Gasteiger charge is -2.21. The third-order valence-corrected chi connectivity index (χ3v) is 17.6. The zero-order chi connectivity index (χ0) is 63.8. The quantitative estimate of drug-likeness (QED) is 0.0222. The van der Waals surface area contributed by atoms with Crippen LogP contribution in [0.2, 0.25) is 0 Å². The predicted octanol–water partition coefficient (Wildman–Crippen LogP) is 18.7. The summed E-state index contributed by atoms with van der Waals surface area (Å²) in [5, 5.41) is 10.6. The first-order valence-electron chi connectivity index (χ1n) is 34.9. The maximum Gasteiger partial charge on any atom is 0.472 e. The highest BCUT2D eigenvalue weighted by molar-refractivity contribution is 7.47. The van der Waals surface area contributed by atoms with Crippen LogP contribution in [0, 0.1) is 17.8 Å². The number of carbonyl (C=O) groups excluding carboxylic acids is 4. The number of unbranched alkanes of at least 4 members (excludes halogenated alkanes) is 32. The van der Waals surface area contributed by atoms with E-state index in [0.29, 0.717) is 37.5 Å². The van der Waals surface area contributed by atoms with Crippen molar-refractivity contribution in [2.45, 2.75) is 349 Å². The van der Waals surface area contributed by atoms with Gasteiger partial charge >= 0.3 is 39.5 Å². The predicted molar refractivity (Wildman–Crippen MR) is 344 cm³/mol. The lowest BCUT2D eigenvalue weighted by molar-refractivity contribution is -0.161. The molecular formula is C67H130O17P2. The summed E-state index contributed by atoms with van der Waals surface area (Å²) < 4.78 is 68.1.